The Labute approximate surface area is 124 Å². The van der Waals surface area contributed by atoms with Crippen molar-refractivity contribution in [1.29, 1.82) is 5.26 Å². The molecule has 6 heteroatoms. The lowest BCUT2D eigenvalue weighted by molar-refractivity contribution is 0.418. The normalized spacial score (nSPS) is 23.2. The largest absolute Gasteiger partial charge is 0.216 e. The van der Waals surface area contributed by atoms with Crippen LogP contribution in [0.1, 0.15) is 36.8 Å². The van der Waals surface area contributed by atoms with E-state index in [4.69, 9.17) is 16.9 Å². The van der Waals surface area contributed by atoms with E-state index in [1.54, 1.807) is 24.3 Å². The number of alkyl halides is 1. The molecule has 20 heavy (non-hydrogen) atoms. The number of nitriles is 1. The minimum Gasteiger partial charge on any atom is -0.212 e. The van der Waals surface area contributed by atoms with Gasteiger partial charge in [-0.1, -0.05) is 25.0 Å². The zero-order valence-corrected chi connectivity index (χ0v) is 12.6. The van der Waals surface area contributed by atoms with Gasteiger partial charge in [0.2, 0.25) is 10.0 Å². The minimum absolute atomic E-state index is 0.0845. The van der Waals surface area contributed by atoms with Gasteiger partial charge in [-0.3, -0.25) is 0 Å². The Bertz CT molecular complexity index is 593. The summed E-state index contributed by atoms with van der Waals surface area (Å²) in [5.74, 6) is -0.0845. The summed E-state index contributed by atoms with van der Waals surface area (Å²) in [5.41, 5.74) is 1.19. The van der Waals surface area contributed by atoms with E-state index in [1.807, 2.05) is 6.07 Å². The second kappa shape index (κ2) is 6.57. The van der Waals surface area contributed by atoms with Gasteiger partial charge in [0.05, 0.1) is 17.4 Å². The summed E-state index contributed by atoms with van der Waals surface area (Å²) in [7, 11) is -3.40. The molecule has 1 aromatic rings. The smallest absolute Gasteiger partial charge is 0.212 e. The van der Waals surface area contributed by atoms with Crippen molar-refractivity contribution in [1.82, 2.24) is 4.72 Å². The lowest BCUT2D eigenvalue weighted by Gasteiger charge is -2.27. The Hall–Kier alpha value is -1.09. The molecule has 2 rings (SSSR count). The van der Waals surface area contributed by atoms with E-state index >= 15 is 0 Å². The number of nitrogens with one attached hydrogen (secondary N) is 1. The summed E-state index contributed by atoms with van der Waals surface area (Å²) < 4.78 is 27.0. The molecule has 0 saturated heterocycles. The van der Waals surface area contributed by atoms with Crippen molar-refractivity contribution in [3.05, 3.63) is 35.4 Å². The van der Waals surface area contributed by atoms with Gasteiger partial charge >= 0.3 is 0 Å². The Balaban J connectivity index is 2.01. The van der Waals surface area contributed by atoms with Crippen LogP contribution in [0.15, 0.2) is 24.3 Å². The molecule has 0 bridgehead atoms. The van der Waals surface area contributed by atoms with Crippen LogP contribution >= 0.6 is 11.6 Å². The number of hydrogen-bond acceptors (Lipinski definition) is 3. The average Bonchev–Trinajstić information content (AvgIpc) is 2.41. The van der Waals surface area contributed by atoms with E-state index in [2.05, 4.69) is 4.72 Å². The van der Waals surface area contributed by atoms with Gasteiger partial charge in [0.1, 0.15) is 0 Å². The summed E-state index contributed by atoms with van der Waals surface area (Å²) in [6.45, 7) is 0. The Morgan fingerprint density at radius 3 is 2.50 bits per heavy atom. The van der Waals surface area contributed by atoms with Gasteiger partial charge in [0, 0.05) is 11.4 Å². The van der Waals surface area contributed by atoms with Crippen molar-refractivity contribution in [2.24, 2.45) is 0 Å². The Kier molecular flexibility index (Phi) is 5.03. The summed E-state index contributed by atoms with van der Waals surface area (Å²) in [5, 5.41) is 8.59. The molecule has 1 saturated carbocycles. The van der Waals surface area contributed by atoms with Gasteiger partial charge in [-0.15, -0.1) is 11.6 Å². The number of benzene rings is 1. The van der Waals surface area contributed by atoms with Crippen LogP contribution in [0.25, 0.3) is 0 Å². The van der Waals surface area contributed by atoms with E-state index in [1.165, 1.54) is 0 Å². The summed E-state index contributed by atoms with van der Waals surface area (Å²) in [6.07, 6.45) is 3.71. The number of sulfonamides is 1. The van der Waals surface area contributed by atoms with Crippen molar-refractivity contribution in [3.63, 3.8) is 0 Å². The standard InChI is InChI=1S/C14H17ClN2O2S/c15-13-3-1-2-4-14(13)17-20(18,19)10-12-7-5-11(9-16)6-8-12/h5-8,13-14,17H,1-4,10H2. The molecule has 1 aliphatic rings. The van der Waals surface area contributed by atoms with Gasteiger partial charge in [-0.25, -0.2) is 13.1 Å². The first-order valence-electron chi connectivity index (χ1n) is 6.63. The highest BCUT2D eigenvalue weighted by molar-refractivity contribution is 7.88. The number of nitrogens with zero attached hydrogens (tertiary/aromatic N) is 1. The second-order valence-electron chi connectivity index (χ2n) is 5.09. The minimum atomic E-state index is -3.40. The molecule has 2 unspecified atom stereocenters. The molecule has 1 N–H and O–H groups in total. The van der Waals surface area contributed by atoms with Gasteiger partial charge < -0.3 is 0 Å². The number of hydrogen-bond donors (Lipinski definition) is 1. The van der Waals surface area contributed by atoms with Gasteiger partial charge in [-0.2, -0.15) is 5.26 Å². The van der Waals surface area contributed by atoms with Gasteiger partial charge in [0.15, 0.2) is 0 Å². The fourth-order valence-electron chi connectivity index (χ4n) is 2.39. The van der Waals surface area contributed by atoms with Crippen LogP contribution in [-0.2, 0) is 15.8 Å². The highest BCUT2D eigenvalue weighted by Gasteiger charge is 2.27. The molecule has 108 valence electrons. The van der Waals surface area contributed by atoms with Crippen LogP contribution in [0.4, 0.5) is 0 Å². The van der Waals surface area contributed by atoms with Crippen LogP contribution in [0.2, 0.25) is 0 Å². The van der Waals surface area contributed by atoms with Crippen molar-refractivity contribution < 1.29 is 8.42 Å². The maximum Gasteiger partial charge on any atom is 0.216 e. The summed E-state index contributed by atoms with van der Waals surface area (Å²) in [6, 6.07) is 8.40. The average molecular weight is 313 g/mol. The first kappa shape index (κ1) is 15.3. The second-order valence-corrected chi connectivity index (χ2v) is 7.41. The summed E-state index contributed by atoms with van der Waals surface area (Å²) >= 11 is 6.17. The molecule has 1 fully saturated rings. The maximum absolute atomic E-state index is 12.1. The first-order valence-corrected chi connectivity index (χ1v) is 8.72. The van der Waals surface area contributed by atoms with E-state index in [9.17, 15) is 8.42 Å². The quantitative estimate of drug-likeness (QED) is 0.868. The predicted molar refractivity (Wildman–Crippen MR) is 78.8 cm³/mol. The third-order valence-corrected chi connectivity index (χ3v) is 5.35. The van der Waals surface area contributed by atoms with Crippen molar-refractivity contribution >= 4 is 21.6 Å². The molecular weight excluding hydrogens is 296 g/mol. The summed E-state index contributed by atoms with van der Waals surface area (Å²) in [4.78, 5) is 0. The van der Waals surface area contributed by atoms with E-state index in [0.717, 1.165) is 25.7 Å². The molecule has 1 aliphatic carbocycles. The fourth-order valence-corrected chi connectivity index (χ4v) is 4.26. The third kappa shape index (κ3) is 4.20. The fraction of sp³-hybridized carbons (Fsp3) is 0.500. The Morgan fingerprint density at radius 2 is 1.90 bits per heavy atom. The molecule has 0 amide bonds. The van der Waals surface area contributed by atoms with Crippen LogP contribution in [0.3, 0.4) is 0 Å². The van der Waals surface area contributed by atoms with Crippen molar-refractivity contribution in [2.45, 2.75) is 42.9 Å². The molecular formula is C14H17ClN2O2S. The zero-order valence-electron chi connectivity index (χ0n) is 11.0. The van der Waals surface area contributed by atoms with Crippen LogP contribution in [-0.4, -0.2) is 19.8 Å². The lowest BCUT2D eigenvalue weighted by Crippen LogP contribution is -2.43. The highest BCUT2D eigenvalue weighted by atomic mass is 35.5. The van der Waals surface area contributed by atoms with Gasteiger partial charge in [0.25, 0.3) is 0 Å². The van der Waals surface area contributed by atoms with Crippen LogP contribution in [0.5, 0.6) is 0 Å². The topological polar surface area (TPSA) is 70.0 Å². The van der Waals surface area contributed by atoms with Crippen molar-refractivity contribution in [3.8, 4) is 6.07 Å². The molecule has 2 atom stereocenters. The van der Waals surface area contributed by atoms with Crippen molar-refractivity contribution in [2.75, 3.05) is 0 Å². The number of halogens is 1. The predicted octanol–water partition coefficient (Wildman–Crippen LogP) is 2.53. The molecule has 1 aromatic carbocycles. The maximum atomic E-state index is 12.1. The monoisotopic (exact) mass is 312 g/mol. The number of rotatable bonds is 4. The van der Waals surface area contributed by atoms with Crippen LogP contribution < -0.4 is 4.72 Å². The van der Waals surface area contributed by atoms with Crippen LogP contribution in [0, 0.1) is 11.3 Å². The first-order chi connectivity index (χ1) is 9.50. The molecule has 0 heterocycles. The van der Waals surface area contributed by atoms with E-state index in [0.29, 0.717) is 11.1 Å². The molecule has 0 aliphatic heterocycles. The molecule has 0 spiro atoms. The van der Waals surface area contributed by atoms with E-state index in [-0.39, 0.29) is 17.2 Å². The van der Waals surface area contributed by atoms with Gasteiger partial charge in [-0.05, 0) is 30.5 Å². The Morgan fingerprint density at radius 1 is 1.25 bits per heavy atom. The molecule has 0 radical (unpaired) electrons. The highest BCUT2D eigenvalue weighted by Crippen LogP contribution is 2.24. The third-order valence-electron chi connectivity index (χ3n) is 3.45. The van der Waals surface area contributed by atoms with E-state index < -0.39 is 10.0 Å². The SMILES string of the molecule is N#Cc1ccc(CS(=O)(=O)NC2CCCCC2Cl)cc1. The zero-order chi connectivity index (χ0) is 14.6. The molecule has 0 aromatic heterocycles. The molecule has 4 nitrogen and oxygen atoms in total. The lowest BCUT2D eigenvalue weighted by atomic mass is 9.96.